The molecule has 33 heavy (non-hydrogen) atoms. The third-order valence-electron chi connectivity index (χ3n) is 5.69. The number of nitrogens with zero attached hydrogens (tertiary/aromatic N) is 3. The number of fused-ring (bicyclic) bond motifs is 1. The molecule has 3 N–H and O–H groups in total. The van der Waals surface area contributed by atoms with Crippen LogP contribution in [0, 0.1) is 5.41 Å². The first kappa shape index (κ1) is 26.4. The molecule has 9 heteroatoms. The lowest BCUT2D eigenvalue weighted by Gasteiger charge is -2.37. The Morgan fingerprint density at radius 1 is 1.12 bits per heavy atom. The molecule has 2 aromatic rings. The molecule has 0 aliphatic heterocycles. The van der Waals surface area contributed by atoms with Gasteiger partial charge in [0.1, 0.15) is 16.9 Å². The van der Waals surface area contributed by atoms with Gasteiger partial charge in [0.05, 0.1) is 12.7 Å². The van der Waals surface area contributed by atoms with Crippen molar-refractivity contribution < 1.29 is 19.4 Å². The molecule has 0 unspecified atom stereocenters. The maximum atomic E-state index is 12.1. The summed E-state index contributed by atoms with van der Waals surface area (Å²) in [7, 11) is 3.29. The number of carbonyl (C=O) groups excluding carboxylic acids is 1. The van der Waals surface area contributed by atoms with Crippen LogP contribution in [0.15, 0.2) is 18.3 Å². The number of rotatable bonds is 9. The normalized spacial score (nSPS) is 12.4. The molecule has 0 aliphatic carbocycles. The van der Waals surface area contributed by atoms with E-state index in [2.05, 4.69) is 20.6 Å². The van der Waals surface area contributed by atoms with E-state index in [-0.39, 0.29) is 11.5 Å². The molecule has 0 spiro atoms. The molecule has 1 aromatic carbocycles. The molecule has 1 heterocycles. The van der Waals surface area contributed by atoms with Gasteiger partial charge in [0.2, 0.25) is 5.95 Å². The van der Waals surface area contributed by atoms with Crippen molar-refractivity contribution >= 4 is 28.6 Å². The number of hydrogen-bond acceptors (Lipinski definition) is 8. The number of anilines is 2. The summed E-state index contributed by atoms with van der Waals surface area (Å²) in [4.78, 5) is 22.6. The second-order valence-corrected chi connectivity index (χ2v) is 10.4. The number of hydrogen-bond donors (Lipinski definition) is 3. The van der Waals surface area contributed by atoms with E-state index in [0.29, 0.717) is 36.8 Å². The number of ether oxygens (including phenoxy) is 2. The Balaban J connectivity index is 2.08. The maximum Gasteiger partial charge on any atom is 0.410 e. The number of methoxy groups -OCH3 is 1. The van der Waals surface area contributed by atoms with Gasteiger partial charge in [-0.2, -0.15) is 0 Å². The summed E-state index contributed by atoms with van der Waals surface area (Å²) in [5.41, 5.74) is -0.161. The van der Waals surface area contributed by atoms with E-state index in [1.54, 1.807) is 20.4 Å². The van der Waals surface area contributed by atoms with Crippen LogP contribution in [0.2, 0.25) is 0 Å². The van der Waals surface area contributed by atoms with Gasteiger partial charge in [0, 0.05) is 55.4 Å². The predicted octanol–water partition coefficient (Wildman–Crippen LogP) is 4.13. The van der Waals surface area contributed by atoms with Gasteiger partial charge in [-0.1, -0.05) is 13.8 Å². The highest BCUT2D eigenvalue weighted by molar-refractivity contribution is 5.88. The Kier molecular flexibility index (Phi) is 8.00. The van der Waals surface area contributed by atoms with E-state index in [0.717, 1.165) is 11.1 Å². The number of benzene rings is 1. The molecule has 0 aliphatic rings. The third kappa shape index (κ3) is 7.35. The van der Waals surface area contributed by atoms with Crippen LogP contribution in [0.4, 0.5) is 16.4 Å². The second kappa shape index (κ2) is 9.99. The lowest BCUT2D eigenvalue weighted by Crippen LogP contribution is -2.43. The van der Waals surface area contributed by atoms with Crippen LogP contribution in [0.1, 0.15) is 48.5 Å². The topological polar surface area (TPSA) is 109 Å². The van der Waals surface area contributed by atoms with Gasteiger partial charge in [-0.3, -0.25) is 0 Å². The molecule has 9 nitrogen and oxygen atoms in total. The van der Waals surface area contributed by atoms with Gasteiger partial charge < -0.3 is 30.1 Å². The molecule has 0 saturated heterocycles. The Hall–Kier alpha value is -2.81. The summed E-state index contributed by atoms with van der Waals surface area (Å²) in [5, 5.41) is 17.7. The van der Waals surface area contributed by atoms with Gasteiger partial charge in [-0.05, 0) is 40.7 Å². The molecule has 0 fully saturated rings. The van der Waals surface area contributed by atoms with Crippen molar-refractivity contribution in [3.05, 3.63) is 18.3 Å². The van der Waals surface area contributed by atoms with Crippen LogP contribution >= 0.6 is 0 Å². The maximum absolute atomic E-state index is 12.1. The van der Waals surface area contributed by atoms with Crippen LogP contribution in [-0.4, -0.2) is 71.1 Å². The van der Waals surface area contributed by atoms with Crippen molar-refractivity contribution in [3.63, 3.8) is 0 Å². The van der Waals surface area contributed by atoms with Gasteiger partial charge in [-0.25, -0.2) is 14.8 Å². The van der Waals surface area contributed by atoms with Crippen molar-refractivity contribution in [1.29, 1.82) is 0 Å². The lowest BCUT2D eigenvalue weighted by atomic mass is 9.77. The van der Waals surface area contributed by atoms with Crippen molar-refractivity contribution in [1.82, 2.24) is 14.9 Å². The van der Waals surface area contributed by atoms with Crippen molar-refractivity contribution in [2.75, 3.05) is 44.4 Å². The van der Waals surface area contributed by atoms with Crippen molar-refractivity contribution in [3.8, 4) is 5.75 Å². The fourth-order valence-electron chi connectivity index (χ4n) is 2.76. The SMILES string of the molecule is COc1cc(NCC(C)(C)C(C)(C)O)cc2cnc(NCCN(C)C(=O)OC(C)(C)C)nc12. The Morgan fingerprint density at radius 2 is 1.79 bits per heavy atom. The molecule has 0 atom stereocenters. The largest absolute Gasteiger partial charge is 0.494 e. The Labute approximate surface area is 196 Å². The number of aliphatic hydroxyl groups is 1. The number of likely N-dealkylation sites (N-methyl/N-ethyl adjacent to an activating group) is 1. The minimum absolute atomic E-state index is 0.341. The molecule has 1 aromatic heterocycles. The zero-order valence-electron chi connectivity index (χ0n) is 21.4. The van der Waals surface area contributed by atoms with Crippen molar-refractivity contribution in [2.45, 2.75) is 59.7 Å². The Bertz CT molecular complexity index is 964. The zero-order chi connectivity index (χ0) is 25.0. The fraction of sp³-hybridized carbons (Fsp3) is 0.625. The van der Waals surface area contributed by atoms with Gasteiger partial charge in [0.25, 0.3) is 0 Å². The minimum atomic E-state index is -0.831. The smallest absolute Gasteiger partial charge is 0.410 e. The average Bonchev–Trinajstić information content (AvgIpc) is 2.69. The van der Waals surface area contributed by atoms with Gasteiger partial charge >= 0.3 is 6.09 Å². The molecular weight excluding hydrogens is 422 g/mol. The summed E-state index contributed by atoms with van der Waals surface area (Å²) in [6, 6.07) is 3.84. The number of nitrogens with one attached hydrogen (secondary N) is 2. The van der Waals surface area contributed by atoms with E-state index in [4.69, 9.17) is 9.47 Å². The zero-order valence-corrected chi connectivity index (χ0v) is 21.4. The molecule has 184 valence electrons. The van der Waals surface area contributed by atoms with Crippen LogP contribution in [0.5, 0.6) is 5.75 Å². The molecule has 0 bridgehead atoms. The highest BCUT2D eigenvalue weighted by Crippen LogP contribution is 2.33. The molecular formula is C24H39N5O4. The van der Waals surface area contributed by atoms with Crippen LogP contribution < -0.4 is 15.4 Å². The second-order valence-electron chi connectivity index (χ2n) is 10.4. The highest BCUT2D eigenvalue weighted by atomic mass is 16.6. The average molecular weight is 462 g/mol. The van der Waals surface area contributed by atoms with E-state index in [1.807, 2.05) is 60.6 Å². The standard InChI is InChI=1S/C24H39N5O4/c1-22(2,3)33-21(30)29(8)11-10-25-20-26-14-16-12-17(13-18(32-9)19(16)28-20)27-15-23(4,5)24(6,7)31/h12-14,27,31H,10-11,15H2,1-9H3,(H,25,26,28). The summed E-state index contributed by atoms with van der Waals surface area (Å²) in [6.45, 7) is 14.6. The summed E-state index contributed by atoms with van der Waals surface area (Å²) in [5.74, 6) is 1.06. The van der Waals surface area contributed by atoms with Gasteiger partial charge in [0.15, 0.2) is 0 Å². The first-order valence-corrected chi connectivity index (χ1v) is 11.1. The lowest BCUT2D eigenvalue weighted by molar-refractivity contribution is -0.0270. The third-order valence-corrected chi connectivity index (χ3v) is 5.69. The first-order valence-electron chi connectivity index (χ1n) is 11.1. The molecule has 0 saturated carbocycles. The fourth-order valence-corrected chi connectivity index (χ4v) is 2.76. The van der Waals surface area contributed by atoms with E-state index >= 15 is 0 Å². The number of carbonyl (C=O) groups is 1. The van der Waals surface area contributed by atoms with Gasteiger partial charge in [-0.15, -0.1) is 0 Å². The summed E-state index contributed by atoms with van der Waals surface area (Å²) in [6.07, 6.45) is 1.36. The summed E-state index contributed by atoms with van der Waals surface area (Å²) < 4.78 is 10.9. The van der Waals surface area contributed by atoms with Crippen LogP contribution in [0.25, 0.3) is 10.9 Å². The highest BCUT2D eigenvalue weighted by Gasteiger charge is 2.34. The number of aromatic nitrogens is 2. The van der Waals surface area contributed by atoms with Crippen LogP contribution in [-0.2, 0) is 4.74 Å². The van der Waals surface area contributed by atoms with Crippen LogP contribution in [0.3, 0.4) is 0 Å². The molecule has 1 amide bonds. The van der Waals surface area contributed by atoms with E-state index in [1.165, 1.54) is 4.90 Å². The molecule has 0 radical (unpaired) electrons. The first-order chi connectivity index (χ1) is 15.1. The predicted molar refractivity (Wildman–Crippen MR) is 132 cm³/mol. The quantitative estimate of drug-likeness (QED) is 0.512. The van der Waals surface area contributed by atoms with E-state index in [9.17, 15) is 9.90 Å². The number of amides is 1. The Morgan fingerprint density at radius 3 is 2.36 bits per heavy atom. The molecule has 2 rings (SSSR count). The minimum Gasteiger partial charge on any atom is -0.494 e. The summed E-state index contributed by atoms with van der Waals surface area (Å²) >= 11 is 0. The monoisotopic (exact) mass is 461 g/mol. The van der Waals surface area contributed by atoms with Crippen molar-refractivity contribution in [2.24, 2.45) is 5.41 Å². The van der Waals surface area contributed by atoms with E-state index < -0.39 is 11.2 Å².